The third-order valence-electron chi connectivity index (χ3n) is 9.30. The van der Waals surface area contributed by atoms with Gasteiger partial charge in [-0.05, 0) is 74.6 Å². The normalized spacial score (nSPS) is 26.0. The van der Waals surface area contributed by atoms with Crippen LogP contribution >= 0.6 is 0 Å². The lowest BCUT2D eigenvalue weighted by Crippen LogP contribution is -2.59. The molecule has 1 N–H and O–H groups in total. The first-order valence-corrected chi connectivity index (χ1v) is 15.5. The summed E-state index contributed by atoms with van der Waals surface area (Å²) >= 11 is 0. The van der Waals surface area contributed by atoms with Crippen LogP contribution in [0.4, 0.5) is 4.79 Å². The fourth-order valence-electron chi connectivity index (χ4n) is 7.51. The quantitative estimate of drug-likeness (QED) is 0.574. The van der Waals surface area contributed by atoms with Gasteiger partial charge in [-0.1, -0.05) is 55.5 Å². The molecule has 2 aromatic rings. The second-order valence-corrected chi connectivity index (χ2v) is 13.6. The summed E-state index contributed by atoms with van der Waals surface area (Å²) in [6.45, 7) is 8.58. The predicted octanol–water partition coefficient (Wildman–Crippen LogP) is 3.81. The number of aryl methyl sites for hydroxylation is 2. The van der Waals surface area contributed by atoms with Crippen molar-refractivity contribution < 1.29 is 19.1 Å². The zero-order chi connectivity index (χ0) is 30.5. The Labute approximate surface area is 253 Å². The Kier molecular flexibility index (Phi) is 7.67. The van der Waals surface area contributed by atoms with Crippen molar-refractivity contribution in [2.75, 3.05) is 19.6 Å². The van der Waals surface area contributed by atoms with Crippen molar-refractivity contribution in [3.8, 4) is 6.07 Å². The molecule has 3 saturated heterocycles. The minimum Gasteiger partial charge on any atom is -0.444 e. The molecule has 2 bridgehead atoms. The van der Waals surface area contributed by atoms with Crippen LogP contribution in [0.25, 0.3) is 0 Å². The fourth-order valence-corrected chi connectivity index (χ4v) is 7.51. The van der Waals surface area contributed by atoms with Crippen LogP contribution in [0, 0.1) is 17.2 Å². The molecule has 43 heavy (non-hydrogen) atoms. The van der Waals surface area contributed by atoms with Crippen LogP contribution < -0.4 is 5.32 Å². The number of piperazine rings is 1. The maximum atomic E-state index is 14.2. The Bertz CT molecular complexity index is 1410. The van der Waals surface area contributed by atoms with Crippen molar-refractivity contribution in [3.63, 3.8) is 0 Å². The van der Waals surface area contributed by atoms with Gasteiger partial charge < -0.3 is 19.9 Å². The summed E-state index contributed by atoms with van der Waals surface area (Å²) in [5, 5.41) is 12.5. The molecule has 6 rings (SSSR count). The number of nitrogens with one attached hydrogen (secondary N) is 1. The lowest BCUT2D eigenvalue weighted by molar-refractivity contribution is -0.141. The number of carbonyl (C=O) groups is 3. The largest absolute Gasteiger partial charge is 0.444 e. The number of nitriles is 1. The highest BCUT2D eigenvalue weighted by Gasteiger charge is 2.53. The van der Waals surface area contributed by atoms with Gasteiger partial charge >= 0.3 is 6.09 Å². The molecule has 9 nitrogen and oxygen atoms in total. The maximum absolute atomic E-state index is 14.2. The summed E-state index contributed by atoms with van der Waals surface area (Å²) in [6.07, 6.45) is 2.47. The van der Waals surface area contributed by atoms with Gasteiger partial charge in [0.1, 0.15) is 17.7 Å². The maximum Gasteiger partial charge on any atom is 0.408 e. The molecule has 3 amide bonds. The van der Waals surface area contributed by atoms with E-state index in [2.05, 4.69) is 64.8 Å². The number of nitrogens with zero attached hydrogens (tertiary/aromatic N) is 4. The van der Waals surface area contributed by atoms with Gasteiger partial charge in [0, 0.05) is 25.7 Å². The van der Waals surface area contributed by atoms with Gasteiger partial charge in [0.05, 0.1) is 18.2 Å². The third-order valence-corrected chi connectivity index (χ3v) is 9.30. The topological polar surface area (TPSA) is 106 Å². The van der Waals surface area contributed by atoms with Crippen LogP contribution in [0.5, 0.6) is 0 Å². The predicted molar refractivity (Wildman–Crippen MR) is 161 cm³/mol. The molecule has 5 atom stereocenters. The zero-order valence-corrected chi connectivity index (χ0v) is 25.5. The first-order chi connectivity index (χ1) is 20.5. The van der Waals surface area contributed by atoms with Crippen molar-refractivity contribution >= 4 is 17.9 Å². The highest BCUT2D eigenvalue weighted by Crippen LogP contribution is 2.44. The third kappa shape index (κ3) is 5.61. The smallest absolute Gasteiger partial charge is 0.408 e. The van der Waals surface area contributed by atoms with Gasteiger partial charge in [-0.3, -0.25) is 14.5 Å². The van der Waals surface area contributed by atoms with E-state index >= 15 is 0 Å². The molecule has 226 valence electrons. The van der Waals surface area contributed by atoms with Crippen LogP contribution in [0.15, 0.2) is 48.5 Å². The molecule has 0 radical (unpaired) electrons. The molecular formula is C34H41N5O4. The van der Waals surface area contributed by atoms with Gasteiger partial charge in [0.2, 0.25) is 11.8 Å². The van der Waals surface area contributed by atoms with E-state index in [1.165, 1.54) is 22.3 Å². The number of hydrogen-bond donors (Lipinski definition) is 1. The molecule has 3 heterocycles. The minimum absolute atomic E-state index is 0.0161. The molecule has 4 aliphatic rings. The monoisotopic (exact) mass is 583 g/mol. The number of ether oxygens (including phenoxy) is 1. The average molecular weight is 584 g/mol. The van der Waals surface area contributed by atoms with E-state index in [-0.39, 0.29) is 42.4 Å². The first-order valence-electron chi connectivity index (χ1n) is 15.5. The lowest BCUT2D eigenvalue weighted by Gasteiger charge is -2.41. The highest BCUT2D eigenvalue weighted by molar-refractivity contribution is 5.88. The molecular weight excluding hydrogens is 542 g/mol. The van der Waals surface area contributed by atoms with Crippen molar-refractivity contribution in [3.05, 3.63) is 70.8 Å². The van der Waals surface area contributed by atoms with Crippen molar-refractivity contribution in [2.24, 2.45) is 5.92 Å². The second-order valence-electron chi connectivity index (χ2n) is 13.6. The Hall–Kier alpha value is -3.90. The molecule has 2 aromatic carbocycles. The zero-order valence-electron chi connectivity index (χ0n) is 25.5. The number of rotatable bonds is 5. The molecule has 0 aromatic heterocycles. The number of alkyl carbamates (subject to hydrolysis) is 1. The lowest BCUT2D eigenvalue weighted by atomic mass is 9.92. The van der Waals surface area contributed by atoms with E-state index in [1.54, 1.807) is 25.7 Å². The molecule has 0 spiro atoms. The minimum atomic E-state index is -0.934. The summed E-state index contributed by atoms with van der Waals surface area (Å²) in [4.78, 5) is 46.6. The van der Waals surface area contributed by atoms with Crippen LogP contribution in [0.2, 0.25) is 0 Å². The standard InChI is InChI=1S/C34H41N5O4/c1-21-15-24(17-35)38(18-21)31(40)28(36-33(42)43-34(2,3)4)20-37-19-25-16-29(37)32(41)39(25)30-26-11-7-5-9-22(26)13-14-23-10-6-8-12-27(23)30/h5-12,21,24-25,28-30H,13-16,18-20H2,1-4H3,(H,36,42)/t21?,24?,25-,28?,29?/m0/s1. The van der Waals surface area contributed by atoms with Gasteiger partial charge in [-0.2, -0.15) is 5.26 Å². The van der Waals surface area contributed by atoms with Crippen LogP contribution in [0.1, 0.15) is 68.8 Å². The number of fused-ring (bicyclic) bond motifs is 4. The van der Waals surface area contributed by atoms with Crippen molar-refractivity contribution in [2.45, 2.75) is 89.2 Å². The number of carbonyl (C=O) groups excluding carboxylic acids is 3. The SMILES string of the molecule is CC1CC(C#N)N(C(=O)C(CN2C[C@@H]3CC2C(=O)N3C2c3ccccc3CCc3ccccc32)NC(=O)OC(C)(C)C)C1. The van der Waals surface area contributed by atoms with E-state index in [0.29, 0.717) is 25.9 Å². The van der Waals surface area contributed by atoms with Gasteiger partial charge in [0.25, 0.3) is 0 Å². The van der Waals surface area contributed by atoms with E-state index in [0.717, 1.165) is 12.8 Å². The van der Waals surface area contributed by atoms with E-state index in [1.807, 2.05) is 11.8 Å². The summed E-state index contributed by atoms with van der Waals surface area (Å²) < 4.78 is 5.50. The van der Waals surface area contributed by atoms with E-state index in [9.17, 15) is 19.6 Å². The van der Waals surface area contributed by atoms with Crippen LogP contribution in [0.3, 0.4) is 0 Å². The summed E-state index contributed by atoms with van der Waals surface area (Å²) in [5.41, 5.74) is 4.18. The molecule has 3 aliphatic heterocycles. The van der Waals surface area contributed by atoms with Crippen LogP contribution in [-0.4, -0.2) is 82.0 Å². The van der Waals surface area contributed by atoms with Crippen molar-refractivity contribution in [1.29, 1.82) is 5.26 Å². The Morgan fingerprint density at radius 3 is 2.23 bits per heavy atom. The van der Waals surface area contributed by atoms with Gasteiger partial charge in [-0.15, -0.1) is 0 Å². The molecule has 0 saturated carbocycles. The second kappa shape index (κ2) is 11.3. The van der Waals surface area contributed by atoms with Crippen molar-refractivity contribution in [1.82, 2.24) is 20.0 Å². The van der Waals surface area contributed by atoms with E-state index in [4.69, 9.17) is 4.74 Å². The Balaban J connectivity index is 1.25. The van der Waals surface area contributed by atoms with Gasteiger partial charge in [-0.25, -0.2) is 4.79 Å². The fraction of sp³-hybridized carbons (Fsp3) is 0.529. The molecule has 4 unspecified atom stereocenters. The number of benzene rings is 2. The molecule has 3 fully saturated rings. The molecule has 1 aliphatic carbocycles. The summed E-state index contributed by atoms with van der Waals surface area (Å²) in [5.74, 6) is -0.0552. The summed E-state index contributed by atoms with van der Waals surface area (Å²) in [7, 11) is 0. The summed E-state index contributed by atoms with van der Waals surface area (Å²) in [6, 6.07) is 17.1. The number of amides is 3. The Morgan fingerprint density at radius 1 is 1.02 bits per heavy atom. The Morgan fingerprint density at radius 2 is 1.65 bits per heavy atom. The molecule has 9 heteroatoms. The van der Waals surface area contributed by atoms with Crippen LogP contribution in [-0.2, 0) is 27.2 Å². The number of hydrogen-bond acceptors (Lipinski definition) is 6. The van der Waals surface area contributed by atoms with E-state index < -0.39 is 23.8 Å². The first kappa shape index (κ1) is 29.2. The highest BCUT2D eigenvalue weighted by atomic mass is 16.6. The average Bonchev–Trinajstić information content (AvgIpc) is 3.61. The number of likely N-dealkylation sites (tertiary alicyclic amines) is 3. The van der Waals surface area contributed by atoms with Gasteiger partial charge in [0.15, 0.2) is 0 Å².